The Morgan fingerprint density at radius 3 is 2.50 bits per heavy atom. The molecule has 3 nitrogen and oxygen atoms in total. The fourth-order valence-electron chi connectivity index (χ4n) is 0.699. The molecule has 0 bridgehead atoms. The molecule has 0 aromatic rings. The minimum atomic E-state index is -0.417. The number of likely N-dealkylation sites (N-methyl/N-ethyl adjacent to an activating group) is 1. The van der Waals surface area contributed by atoms with Gasteiger partial charge in [0.05, 0.1) is 0 Å². The summed E-state index contributed by atoms with van der Waals surface area (Å²) in [5.74, 6) is 0. The van der Waals surface area contributed by atoms with Crippen LogP contribution in [0.2, 0.25) is 0 Å². The third kappa shape index (κ3) is 4.73. The minimum absolute atomic E-state index is 0.392. The van der Waals surface area contributed by atoms with E-state index in [-0.39, 0.29) is 0 Å². The Kier molecular flexibility index (Phi) is 5.58. The molecule has 0 aromatic heterocycles. The molecule has 3 heteroatoms. The zero-order valence-corrected chi connectivity index (χ0v) is 7.02. The summed E-state index contributed by atoms with van der Waals surface area (Å²) in [6.07, 6.45) is 0.626. The highest BCUT2D eigenvalue weighted by Crippen LogP contribution is 1.88. The lowest BCUT2D eigenvalue weighted by molar-refractivity contribution is 0.124. The quantitative estimate of drug-likeness (QED) is 0.475. The van der Waals surface area contributed by atoms with E-state index in [1.54, 1.807) is 0 Å². The van der Waals surface area contributed by atoms with Crippen molar-refractivity contribution in [1.29, 1.82) is 0 Å². The maximum absolute atomic E-state index is 9.18. The fourth-order valence-corrected chi connectivity index (χ4v) is 0.699. The van der Waals surface area contributed by atoms with Gasteiger partial charge in [-0.3, -0.25) is 5.32 Å². The number of aliphatic hydroxyl groups excluding tert-OH is 1. The number of nitrogens with one attached hydrogen (secondary N) is 2. The van der Waals surface area contributed by atoms with Gasteiger partial charge in [0.1, 0.15) is 6.23 Å². The van der Waals surface area contributed by atoms with Crippen molar-refractivity contribution in [3.05, 3.63) is 0 Å². The second-order valence-corrected chi connectivity index (χ2v) is 2.55. The van der Waals surface area contributed by atoms with Gasteiger partial charge < -0.3 is 10.4 Å². The third-order valence-electron chi connectivity index (χ3n) is 1.49. The molecule has 0 aliphatic carbocycles. The fraction of sp³-hybridized carbons (Fsp3) is 1.00. The van der Waals surface area contributed by atoms with Gasteiger partial charge >= 0.3 is 0 Å². The second kappa shape index (κ2) is 5.65. The van der Waals surface area contributed by atoms with Crippen LogP contribution in [-0.4, -0.2) is 31.0 Å². The van der Waals surface area contributed by atoms with Gasteiger partial charge in [0.25, 0.3) is 0 Å². The smallest absolute Gasteiger partial charge is 0.117 e. The van der Waals surface area contributed by atoms with Crippen molar-refractivity contribution >= 4 is 0 Å². The van der Waals surface area contributed by atoms with E-state index in [0.717, 1.165) is 6.42 Å². The van der Waals surface area contributed by atoms with E-state index >= 15 is 0 Å². The molecule has 0 radical (unpaired) electrons. The zero-order chi connectivity index (χ0) is 7.98. The highest BCUT2D eigenvalue weighted by molar-refractivity contribution is 4.61. The summed E-state index contributed by atoms with van der Waals surface area (Å²) in [6, 6.07) is 0.392. The van der Waals surface area contributed by atoms with E-state index in [1.807, 2.05) is 7.05 Å². The third-order valence-corrected chi connectivity index (χ3v) is 1.49. The van der Waals surface area contributed by atoms with Gasteiger partial charge in [-0.05, 0) is 20.4 Å². The second-order valence-electron chi connectivity index (χ2n) is 2.55. The summed E-state index contributed by atoms with van der Waals surface area (Å²) in [5, 5.41) is 15.1. The van der Waals surface area contributed by atoms with Crippen LogP contribution in [0.25, 0.3) is 0 Å². The first kappa shape index (κ1) is 9.88. The van der Waals surface area contributed by atoms with Crippen molar-refractivity contribution in [3.8, 4) is 0 Å². The van der Waals surface area contributed by atoms with Gasteiger partial charge in [0.15, 0.2) is 0 Å². The first-order chi connectivity index (χ1) is 4.70. The van der Waals surface area contributed by atoms with E-state index in [0.29, 0.717) is 12.6 Å². The Morgan fingerprint density at radius 1 is 1.50 bits per heavy atom. The molecule has 0 fully saturated rings. The van der Waals surface area contributed by atoms with Crippen molar-refractivity contribution in [3.63, 3.8) is 0 Å². The van der Waals surface area contributed by atoms with E-state index in [1.165, 1.54) is 0 Å². The number of aliphatic hydroxyl groups is 1. The molecule has 62 valence electrons. The monoisotopic (exact) mass is 146 g/mol. The standard InChI is InChI=1S/C7H18N2O/c1-4-6(2)9-7(10)5-8-3/h6-10H,4-5H2,1-3H3. The van der Waals surface area contributed by atoms with E-state index in [4.69, 9.17) is 0 Å². The van der Waals surface area contributed by atoms with Crippen molar-refractivity contribution in [2.75, 3.05) is 13.6 Å². The summed E-state index contributed by atoms with van der Waals surface area (Å²) in [5.41, 5.74) is 0. The number of hydrogen-bond donors (Lipinski definition) is 3. The predicted molar refractivity (Wildman–Crippen MR) is 42.8 cm³/mol. The van der Waals surface area contributed by atoms with Crippen LogP contribution in [0.3, 0.4) is 0 Å². The Balaban J connectivity index is 3.27. The summed E-state index contributed by atoms with van der Waals surface area (Å²) in [6.45, 7) is 4.74. The topological polar surface area (TPSA) is 44.3 Å². The molecule has 0 aliphatic rings. The summed E-state index contributed by atoms with van der Waals surface area (Å²) < 4.78 is 0. The zero-order valence-electron chi connectivity index (χ0n) is 7.02. The van der Waals surface area contributed by atoms with Crippen LogP contribution < -0.4 is 10.6 Å². The van der Waals surface area contributed by atoms with E-state index in [2.05, 4.69) is 24.5 Å². The first-order valence-electron chi connectivity index (χ1n) is 3.79. The molecule has 0 saturated carbocycles. The molecule has 10 heavy (non-hydrogen) atoms. The van der Waals surface area contributed by atoms with Gasteiger partial charge in [-0.2, -0.15) is 0 Å². The predicted octanol–water partition coefficient (Wildman–Crippen LogP) is -0.0877. The van der Waals surface area contributed by atoms with Crippen LogP contribution in [0, 0.1) is 0 Å². The highest BCUT2D eigenvalue weighted by atomic mass is 16.3. The molecule has 0 rings (SSSR count). The van der Waals surface area contributed by atoms with Gasteiger partial charge in [0, 0.05) is 12.6 Å². The molecule has 2 unspecified atom stereocenters. The van der Waals surface area contributed by atoms with Crippen LogP contribution in [0.4, 0.5) is 0 Å². The molecule has 0 heterocycles. The van der Waals surface area contributed by atoms with E-state index < -0.39 is 6.23 Å². The molecule has 2 atom stereocenters. The SMILES string of the molecule is CCC(C)NC(O)CNC. The largest absolute Gasteiger partial charge is 0.377 e. The average molecular weight is 146 g/mol. The van der Waals surface area contributed by atoms with Crippen LogP contribution >= 0.6 is 0 Å². The molecule has 0 amide bonds. The minimum Gasteiger partial charge on any atom is -0.377 e. The van der Waals surface area contributed by atoms with Gasteiger partial charge in [-0.25, -0.2) is 0 Å². The van der Waals surface area contributed by atoms with Crippen molar-refractivity contribution in [2.24, 2.45) is 0 Å². The number of hydrogen-bond acceptors (Lipinski definition) is 3. The maximum Gasteiger partial charge on any atom is 0.117 e. The lowest BCUT2D eigenvalue weighted by atomic mass is 10.2. The lowest BCUT2D eigenvalue weighted by Crippen LogP contribution is -2.41. The van der Waals surface area contributed by atoms with Gasteiger partial charge in [-0.15, -0.1) is 0 Å². The lowest BCUT2D eigenvalue weighted by Gasteiger charge is -2.16. The maximum atomic E-state index is 9.18. The molecule has 0 aromatic carbocycles. The molecule has 0 spiro atoms. The highest BCUT2D eigenvalue weighted by Gasteiger charge is 2.04. The van der Waals surface area contributed by atoms with Crippen LogP contribution in [0.15, 0.2) is 0 Å². The van der Waals surface area contributed by atoms with Crippen molar-refractivity contribution in [2.45, 2.75) is 32.5 Å². The molecular weight excluding hydrogens is 128 g/mol. The molecule has 0 saturated heterocycles. The van der Waals surface area contributed by atoms with Crippen LogP contribution in [0.1, 0.15) is 20.3 Å². The Labute approximate surface area is 62.8 Å². The normalized spacial score (nSPS) is 16.8. The van der Waals surface area contributed by atoms with Crippen LogP contribution in [-0.2, 0) is 0 Å². The summed E-state index contributed by atoms with van der Waals surface area (Å²) >= 11 is 0. The average Bonchev–Trinajstić information content (AvgIpc) is 1.88. The summed E-state index contributed by atoms with van der Waals surface area (Å²) in [7, 11) is 1.82. The van der Waals surface area contributed by atoms with Crippen molar-refractivity contribution in [1.82, 2.24) is 10.6 Å². The Morgan fingerprint density at radius 2 is 2.10 bits per heavy atom. The van der Waals surface area contributed by atoms with E-state index in [9.17, 15) is 5.11 Å². The summed E-state index contributed by atoms with van der Waals surface area (Å²) in [4.78, 5) is 0. The van der Waals surface area contributed by atoms with Gasteiger partial charge in [-0.1, -0.05) is 6.92 Å². The Bertz CT molecular complexity index is 78.0. The van der Waals surface area contributed by atoms with Gasteiger partial charge in [0.2, 0.25) is 0 Å². The first-order valence-corrected chi connectivity index (χ1v) is 3.79. The molecule has 3 N–H and O–H groups in total. The van der Waals surface area contributed by atoms with Crippen LogP contribution in [0.5, 0.6) is 0 Å². The number of rotatable bonds is 5. The Hall–Kier alpha value is -0.120. The molecular formula is C7H18N2O. The molecule has 0 aliphatic heterocycles. The van der Waals surface area contributed by atoms with Crippen molar-refractivity contribution < 1.29 is 5.11 Å².